The molecule has 0 aliphatic heterocycles. The third-order valence-electron chi connectivity index (χ3n) is 5.43. The minimum absolute atomic E-state index is 0.0207. The molecule has 0 amide bonds. The van der Waals surface area contributed by atoms with Crippen LogP contribution in [0.3, 0.4) is 0 Å². The Balaban J connectivity index is 0.000000278. The summed E-state index contributed by atoms with van der Waals surface area (Å²) in [5.74, 6) is -2.18. The van der Waals surface area contributed by atoms with E-state index in [2.05, 4.69) is 0 Å². The first-order chi connectivity index (χ1) is 13.7. The van der Waals surface area contributed by atoms with E-state index in [1.165, 1.54) is 25.1 Å². The summed E-state index contributed by atoms with van der Waals surface area (Å²) in [6.07, 6.45) is 5.85. The SMILES string of the molecule is CC1=CC=C(C(=O)O)C(OC2CCCC2)C1(C)C(=O)O.O=[N+]([O-])c1ccccc1. The molecule has 0 spiro atoms. The Hall–Kier alpha value is -3.00. The Labute approximate surface area is 168 Å². The van der Waals surface area contributed by atoms with Gasteiger partial charge in [-0.25, -0.2) is 4.79 Å². The van der Waals surface area contributed by atoms with Gasteiger partial charge in [0.1, 0.15) is 11.5 Å². The van der Waals surface area contributed by atoms with E-state index in [1.54, 1.807) is 31.2 Å². The molecule has 2 N–H and O–H groups in total. The molecule has 2 aliphatic carbocycles. The van der Waals surface area contributed by atoms with E-state index in [-0.39, 0.29) is 17.4 Å². The smallest absolute Gasteiger partial charge is 0.334 e. The van der Waals surface area contributed by atoms with Crippen LogP contribution in [0.1, 0.15) is 39.5 Å². The second kappa shape index (κ2) is 9.47. The van der Waals surface area contributed by atoms with Crippen LogP contribution >= 0.6 is 0 Å². The summed E-state index contributed by atoms with van der Waals surface area (Å²) in [6.45, 7) is 3.24. The number of allylic oxidation sites excluding steroid dienone is 2. The summed E-state index contributed by atoms with van der Waals surface area (Å²) >= 11 is 0. The molecule has 0 saturated heterocycles. The Bertz CT molecular complexity index is 825. The van der Waals surface area contributed by atoms with E-state index >= 15 is 0 Å². The quantitative estimate of drug-likeness (QED) is 0.562. The largest absolute Gasteiger partial charge is 0.481 e. The summed E-state index contributed by atoms with van der Waals surface area (Å²) in [5, 5.41) is 28.9. The fourth-order valence-corrected chi connectivity index (χ4v) is 3.43. The molecule has 0 bridgehead atoms. The Kier molecular flexibility index (Phi) is 7.28. The van der Waals surface area contributed by atoms with Crippen LogP contribution in [0.5, 0.6) is 0 Å². The van der Waals surface area contributed by atoms with Crippen molar-refractivity contribution < 1.29 is 29.5 Å². The minimum atomic E-state index is -1.33. The zero-order valence-corrected chi connectivity index (χ0v) is 16.4. The minimum Gasteiger partial charge on any atom is -0.481 e. The molecule has 2 aliphatic rings. The molecule has 156 valence electrons. The number of nitrogens with zero attached hydrogens (tertiary/aromatic N) is 1. The van der Waals surface area contributed by atoms with Crippen LogP contribution in [-0.4, -0.2) is 39.3 Å². The standard InChI is InChI=1S/C15H20O5.C6H5NO2/c1-9-7-8-11(13(16)17)12(15(9,2)14(18)19)20-10-5-3-4-6-10;8-7(9)6-4-2-1-3-5-6/h7-8,10,12H,3-6H2,1-2H3,(H,16,17)(H,18,19);1-5H. The lowest BCUT2D eigenvalue weighted by Gasteiger charge is -2.38. The summed E-state index contributed by atoms with van der Waals surface area (Å²) < 4.78 is 5.90. The van der Waals surface area contributed by atoms with Crippen LogP contribution in [-0.2, 0) is 14.3 Å². The number of non-ortho nitro benzene ring substituents is 1. The molecule has 1 fully saturated rings. The van der Waals surface area contributed by atoms with Gasteiger partial charge in [-0.3, -0.25) is 14.9 Å². The van der Waals surface area contributed by atoms with E-state index in [1.807, 2.05) is 0 Å². The molecule has 0 heterocycles. The van der Waals surface area contributed by atoms with Gasteiger partial charge >= 0.3 is 11.9 Å². The molecule has 8 nitrogen and oxygen atoms in total. The maximum absolute atomic E-state index is 11.7. The highest BCUT2D eigenvalue weighted by molar-refractivity contribution is 5.92. The van der Waals surface area contributed by atoms with Crippen LogP contribution in [0.25, 0.3) is 0 Å². The third kappa shape index (κ3) is 5.08. The molecule has 1 saturated carbocycles. The Morgan fingerprint density at radius 2 is 1.72 bits per heavy atom. The highest BCUT2D eigenvalue weighted by atomic mass is 16.6. The molecule has 1 aromatic carbocycles. The first-order valence-corrected chi connectivity index (χ1v) is 9.38. The van der Waals surface area contributed by atoms with Crippen molar-refractivity contribution in [2.24, 2.45) is 5.41 Å². The Morgan fingerprint density at radius 1 is 1.14 bits per heavy atom. The normalized spacial score (nSPS) is 24.0. The summed E-state index contributed by atoms with van der Waals surface area (Å²) in [7, 11) is 0. The maximum atomic E-state index is 11.7. The van der Waals surface area contributed by atoms with E-state index in [9.17, 15) is 29.9 Å². The van der Waals surface area contributed by atoms with Gasteiger partial charge in [0.2, 0.25) is 0 Å². The number of carboxylic acid groups (broad SMARTS) is 2. The summed E-state index contributed by atoms with van der Waals surface area (Å²) in [4.78, 5) is 32.7. The highest BCUT2D eigenvalue weighted by Crippen LogP contribution is 2.42. The van der Waals surface area contributed by atoms with Gasteiger partial charge < -0.3 is 14.9 Å². The summed E-state index contributed by atoms with van der Waals surface area (Å²) in [6, 6.07) is 7.93. The van der Waals surface area contributed by atoms with Crippen molar-refractivity contribution in [1.29, 1.82) is 0 Å². The lowest BCUT2D eigenvalue weighted by molar-refractivity contribution is -0.384. The van der Waals surface area contributed by atoms with Crippen molar-refractivity contribution in [3.8, 4) is 0 Å². The van der Waals surface area contributed by atoms with E-state index in [4.69, 9.17) is 4.74 Å². The van der Waals surface area contributed by atoms with Crippen LogP contribution in [0.4, 0.5) is 5.69 Å². The molecule has 3 rings (SSSR count). The van der Waals surface area contributed by atoms with Crippen LogP contribution < -0.4 is 0 Å². The fraction of sp³-hybridized carbons (Fsp3) is 0.429. The topological polar surface area (TPSA) is 127 Å². The van der Waals surface area contributed by atoms with Crippen LogP contribution in [0.15, 0.2) is 53.6 Å². The molecule has 0 aromatic heterocycles. The van der Waals surface area contributed by atoms with Crippen LogP contribution in [0, 0.1) is 15.5 Å². The second-order valence-corrected chi connectivity index (χ2v) is 7.30. The van der Waals surface area contributed by atoms with Gasteiger partial charge in [0.15, 0.2) is 0 Å². The molecular weight excluding hydrogens is 378 g/mol. The third-order valence-corrected chi connectivity index (χ3v) is 5.43. The zero-order chi connectivity index (χ0) is 21.6. The molecule has 8 heteroatoms. The number of benzene rings is 1. The van der Waals surface area contributed by atoms with Gasteiger partial charge in [-0.1, -0.05) is 42.7 Å². The van der Waals surface area contributed by atoms with Crippen molar-refractivity contribution >= 4 is 17.6 Å². The molecule has 0 radical (unpaired) electrons. The number of nitro groups is 1. The fourth-order valence-electron chi connectivity index (χ4n) is 3.43. The summed E-state index contributed by atoms with van der Waals surface area (Å²) in [5.41, 5.74) is -0.562. The van der Waals surface area contributed by atoms with Crippen molar-refractivity contribution in [3.05, 3.63) is 63.7 Å². The monoisotopic (exact) mass is 403 g/mol. The van der Waals surface area contributed by atoms with E-state index in [0.29, 0.717) is 5.57 Å². The average molecular weight is 403 g/mol. The number of rotatable bonds is 5. The molecular formula is C21H25NO7. The molecule has 1 aromatic rings. The van der Waals surface area contributed by atoms with E-state index < -0.39 is 28.4 Å². The zero-order valence-electron chi connectivity index (χ0n) is 16.4. The number of ether oxygens (including phenoxy) is 1. The van der Waals surface area contributed by atoms with Crippen molar-refractivity contribution in [2.45, 2.75) is 51.7 Å². The van der Waals surface area contributed by atoms with Gasteiger partial charge in [-0.2, -0.15) is 0 Å². The van der Waals surface area contributed by atoms with Gasteiger partial charge in [0, 0.05) is 12.1 Å². The number of aliphatic carboxylic acids is 2. The number of carbonyl (C=O) groups is 2. The first kappa shape index (κ1) is 22.3. The highest BCUT2D eigenvalue weighted by Gasteiger charge is 2.49. The van der Waals surface area contributed by atoms with Crippen molar-refractivity contribution in [2.75, 3.05) is 0 Å². The maximum Gasteiger partial charge on any atom is 0.334 e. The molecule has 2 unspecified atom stereocenters. The number of hydrogen-bond donors (Lipinski definition) is 2. The first-order valence-electron chi connectivity index (χ1n) is 9.38. The lowest BCUT2D eigenvalue weighted by Crippen LogP contribution is -2.47. The van der Waals surface area contributed by atoms with Crippen molar-refractivity contribution in [3.63, 3.8) is 0 Å². The van der Waals surface area contributed by atoms with Gasteiger partial charge in [0.05, 0.1) is 16.6 Å². The van der Waals surface area contributed by atoms with Crippen LogP contribution in [0.2, 0.25) is 0 Å². The predicted molar refractivity (Wildman–Crippen MR) is 105 cm³/mol. The molecule has 29 heavy (non-hydrogen) atoms. The molecule has 2 atom stereocenters. The number of hydrogen-bond acceptors (Lipinski definition) is 5. The van der Waals surface area contributed by atoms with Gasteiger partial charge in [-0.05, 0) is 32.8 Å². The van der Waals surface area contributed by atoms with Gasteiger partial charge in [-0.15, -0.1) is 0 Å². The average Bonchev–Trinajstić information content (AvgIpc) is 3.19. The van der Waals surface area contributed by atoms with E-state index in [0.717, 1.165) is 25.7 Å². The predicted octanol–water partition coefficient (Wildman–Crippen LogP) is 3.97. The Morgan fingerprint density at radius 3 is 2.17 bits per heavy atom. The number of para-hydroxylation sites is 1. The lowest BCUT2D eigenvalue weighted by atomic mass is 9.71. The van der Waals surface area contributed by atoms with Gasteiger partial charge in [0.25, 0.3) is 5.69 Å². The van der Waals surface area contributed by atoms with Crippen molar-refractivity contribution in [1.82, 2.24) is 0 Å². The second-order valence-electron chi connectivity index (χ2n) is 7.30. The number of nitro benzene ring substituents is 1. The number of carboxylic acids is 2.